The SMILES string of the molecule is CCN(CCNC(=O)c1ccc(NC=O)cc1)c1ccccc1C. The highest BCUT2D eigenvalue weighted by Crippen LogP contribution is 2.18. The predicted octanol–water partition coefficient (Wildman–Crippen LogP) is 2.82. The van der Waals surface area contributed by atoms with E-state index in [4.69, 9.17) is 0 Å². The molecule has 2 aromatic rings. The Kier molecular flexibility index (Phi) is 6.37. The number of carbonyl (C=O) groups excluding carboxylic acids is 2. The minimum atomic E-state index is -0.117. The number of nitrogens with zero attached hydrogens (tertiary/aromatic N) is 1. The Hall–Kier alpha value is -2.82. The molecule has 2 rings (SSSR count). The van der Waals surface area contributed by atoms with Crippen LogP contribution in [0.15, 0.2) is 48.5 Å². The van der Waals surface area contributed by atoms with E-state index in [0.717, 1.165) is 13.1 Å². The van der Waals surface area contributed by atoms with Gasteiger partial charge in [-0.3, -0.25) is 9.59 Å². The second-order valence-corrected chi connectivity index (χ2v) is 5.46. The lowest BCUT2D eigenvalue weighted by Crippen LogP contribution is -2.35. The number of aryl methyl sites for hydroxylation is 1. The van der Waals surface area contributed by atoms with Crippen LogP contribution in [0.4, 0.5) is 11.4 Å². The first-order valence-corrected chi connectivity index (χ1v) is 8.04. The number of hydrogen-bond acceptors (Lipinski definition) is 3. The zero-order valence-corrected chi connectivity index (χ0v) is 14.1. The number of amides is 2. The van der Waals surface area contributed by atoms with Gasteiger partial charge in [0.2, 0.25) is 6.41 Å². The molecular weight excluding hydrogens is 302 g/mol. The van der Waals surface area contributed by atoms with Crippen LogP contribution in [0.3, 0.4) is 0 Å². The van der Waals surface area contributed by atoms with E-state index in [1.165, 1.54) is 11.3 Å². The molecule has 0 bridgehead atoms. The van der Waals surface area contributed by atoms with E-state index in [9.17, 15) is 9.59 Å². The van der Waals surface area contributed by atoms with E-state index >= 15 is 0 Å². The zero-order chi connectivity index (χ0) is 17.4. The summed E-state index contributed by atoms with van der Waals surface area (Å²) >= 11 is 0. The van der Waals surface area contributed by atoms with Crippen molar-refractivity contribution < 1.29 is 9.59 Å². The fraction of sp³-hybridized carbons (Fsp3) is 0.263. The largest absolute Gasteiger partial charge is 0.370 e. The van der Waals surface area contributed by atoms with Crippen LogP contribution in [0.5, 0.6) is 0 Å². The molecule has 5 heteroatoms. The Balaban J connectivity index is 1.89. The van der Waals surface area contributed by atoms with Crippen LogP contribution in [0.1, 0.15) is 22.8 Å². The zero-order valence-electron chi connectivity index (χ0n) is 14.1. The molecule has 0 aliphatic carbocycles. The normalized spacial score (nSPS) is 10.1. The molecule has 5 nitrogen and oxygen atoms in total. The molecule has 0 saturated heterocycles. The van der Waals surface area contributed by atoms with Crippen molar-refractivity contribution in [3.63, 3.8) is 0 Å². The topological polar surface area (TPSA) is 61.4 Å². The monoisotopic (exact) mass is 325 g/mol. The maximum Gasteiger partial charge on any atom is 0.251 e. The molecule has 24 heavy (non-hydrogen) atoms. The highest BCUT2D eigenvalue weighted by atomic mass is 16.1. The van der Waals surface area contributed by atoms with Gasteiger partial charge in [-0.15, -0.1) is 0 Å². The summed E-state index contributed by atoms with van der Waals surface area (Å²) < 4.78 is 0. The molecule has 2 aromatic carbocycles. The molecule has 0 atom stereocenters. The lowest BCUT2D eigenvalue weighted by molar-refractivity contribution is -0.105. The molecule has 0 fully saturated rings. The molecule has 2 amide bonds. The van der Waals surface area contributed by atoms with E-state index in [0.29, 0.717) is 24.2 Å². The number of hydrogen-bond donors (Lipinski definition) is 2. The Labute approximate surface area is 142 Å². The molecular formula is C19H23N3O2. The Bertz CT molecular complexity index is 683. The minimum absolute atomic E-state index is 0.117. The van der Waals surface area contributed by atoms with Crippen molar-refractivity contribution in [1.82, 2.24) is 5.32 Å². The van der Waals surface area contributed by atoms with Crippen LogP contribution < -0.4 is 15.5 Å². The molecule has 0 unspecified atom stereocenters. The summed E-state index contributed by atoms with van der Waals surface area (Å²) in [4.78, 5) is 24.8. The first-order chi connectivity index (χ1) is 11.7. The summed E-state index contributed by atoms with van der Waals surface area (Å²) in [6, 6.07) is 15.0. The van der Waals surface area contributed by atoms with Crippen molar-refractivity contribution in [3.8, 4) is 0 Å². The van der Waals surface area contributed by atoms with E-state index in [1.54, 1.807) is 24.3 Å². The Morgan fingerprint density at radius 2 is 1.83 bits per heavy atom. The van der Waals surface area contributed by atoms with E-state index < -0.39 is 0 Å². The second kappa shape index (κ2) is 8.72. The average molecular weight is 325 g/mol. The number of carbonyl (C=O) groups is 2. The minimum Gasteiger partial charge on any atom is -0.370 e. The third kappa shape index (κ3) is 4.59. The van der Waals surface area contributed by atoms with Gasteiger partial charge in [-0.05, 0) is 49.7 Å². The van der Waals surface area contributed by atoms with Crippen molar-refractivity contribution in [2.45, 2.75) is 13.8 Å². The lowest BCUT2D eigenvalue weighted by Gasteiger charge is -2.25. The highest BCUT2D eigenvalue weighted by Gasteiger charge is 2.09. The summed E-state index contributed by atoms with van der Waals surface area (Å²) in [5.74, 6) is -0.117. The summed E-state index contributed by atoms with van der Waals surface area (Å²) in [7, 11) is 0. The highest BCUT2D eigenvalue weighted by molar-refractivity contribution is 5.94. The molecule has 126 valence electrons. The van der Waals surface area contributed by atoms with Gasteiger partial charge >= 0.3 is 0 Å². The Morgan fingerprint density at radius 3 is 2.46 bits per heavy atom. The summed E-state index contributed by atoms with van der Waals surface area (Å²) in [6.45, 7) is 6.39. The van der Waals surface area contributed by atoms with Crippen molar-refractivity contribution >= 4 is 23.7 Å². The maximum absolute atomic E-state index is 12.2. The van der Waals surface area contributed by atoms with E-state index in [1.807, 2.05) is 12.1 Å². The van der Waals surface area contributed by atoms with E-state index in [2.05, 4.69) is 41.5 Å². The van der Waals surface area contributed by atoms with Gasteiger partial charge in [-0.2, -0.15) is 0 Å². The number of anilines is 2. The van der Waals surface area contributed by atoms with Gasteiger partial charge in [-0.25, -0.2) is 0 Å². The van der Waals surface area contributed by atoms with Crippen molar-refractivity contribution in [2.24, 2.45) is 0 Å². The molecule has 0 aliphatic heterocycles. The number of nitrogens with one attached hydrogen (secondary N) is 2. The maximum atomic E-state index is 12.2. The fourth-order valence-corrected chi connectivity index (χ4v) is 2.56. The summed E-state index contributed by atoms with van der Waals surface area (Å²) in [5, 5.41) is 5.48. The van der Waals surface area contributed by atoms with Crippen LogP contribution in [0.2, 0.25) is 0 Å². The van der Waals surface area contributed by atoms with Crippen molar-refractivity contribution in [3.05, 3.63) is 59.7 Å². The van der Waals surface area contributed by atoms with Crippen LogP contribution in [0.25, 0.3) is 0 Å². The van der Waals surface area contributed by atoms with Crippen LogP contribution in [-0.2, 0) is 4.79 Å². The summed E-state index contributed by atoms with van der Waals surface area (Å²) in [6.07, 6.45) is 0.611. The number of para-hydroxylation sites is 1. The van der Waals surface area contributed by atoms with Crippen molar-refractivity contribution in [1.29, 1.82) is 0 Å². The van der Waals surface area contributed by atoms with Gasteiger partial charge in [0.1, 0.15) is 0 Å². The van der Waals surface area contributed by atoms with Crippen LogP contribution >= 0.6 is 0 Å². The quantitative estimate of drug-likeness (QED) is 0.734. The fourth-order valence-electron chi connectivity index (χ4n) is 2.56. The first kappa shape index (κ1) is 17.5. The van der Waals surface area contributed by atoms with Gasteiger partial charge < -0.3 is 15.5 Å². The van der Waals surface area contributed by atoms with Gasteiger partial charge in [0.05, 0.1) is 0 Å². The standard InChI is InChI=1S/C19H23N3O2/c1-3-22(18-7-5-4-6-15(18)2)13-12-20-19(24)16-8-10-17(11-9-16)21-14-23/h4-11,14H,3,12-13H2,1-2H3,(H,20,24)(H,21,23). The third-order valence-corrected chi connectivity index (χ3v) is 3.88. The molecule has 0 spiro atoms. The number of rotatable bonds is 8. The molecule has 0 radical (unpaired) electrons. The van der Waals surface area contributed by atoms with Gasteiger partial charge in [0, 0.05) is 36.6 Å². The summed E-state index contributed by atoms with van der Waals surface area (Å²) in [5.41, 5.74) is 3.66. The molecule has 2 N–H and O–H groups in total. The average Bonchev–Trinajstić information content (AvgIpc) is 2.60. The predicted molar refractivity (Wildman–Crippen MR) is 97.5 cm³/mol. The number of benzene rings is 2. The lowest BCUT2D eigenvalue weighted by atomic mass is 10.2. The van der Waals surface area contributed by atoms with E-state index in [-0.39, 0.29) is 5.91 Å². The van der Waals surface area contributed by atoms with Crippen LogP contribution in [0, 0.1) is 6.92 Å². The van der Waals surface area contributed by atoms with Crippen molar-refractivity contribution in [2.75, 3.05) is 29.9 Å². The molecule has 0 aliphatic rings. The van der Waals surface area contributed by atoms with Gasteiger partial charge in [0.25, 0.3) is 5.91 Å². The number of likely N-dealkylation sites (N-methyl/N-ethyl adjacent to an activating group) is 1. The molecule has 0 aromatic heterocycles. The first-order valence-electron chi connectivity index (χ1n) is 8.04. The van der Waals surface area contributed by atoms with Gasteiger partial charge in [-0.1, -0.05) is 18.2 Å². The smallest absolute Gasteiger partial charge is 0.251 e. The molecule has 0 heterocycles. The van der Waals surface area contributed by atoms with Crippen LogP contribution in [-0.4, -0.2) is 32.0 Å². The third-order valence-electron chi connectivity index (χ3n) is 3.88. The second-order valence-electron chi connectivity index (χ2n) is 5.46. The Morgan fingerprint density at radius 1 is 1.12 bits per heavy atom. The molecule has 0 saturated carbocycles. The van der Waals surface area contributed by atoms with Gasteiger partial charge in [0.15, 0.2) is 0 Å².